The molecule has 4 nitrogen and oxygen atoms in total. The molecule has 0 bridgehead atoms. The number of amides is 2. The van der Waals surface area contributed by atoms with E-state index >= 15 is 0 Å². The zero-order valence-electron chi connectivity index (χ0n) is 15.3. The normalized spacial score (nSPS) is 14.8. The van der Waals surface area contributed by atoms with Crippen LogP contribution < -0.4 is 5.32 Å². The minimum atomic E-state index is -1.66. The fraction of sp³-hybridized carbons (Fsp3) is 0.333. The summed E-state index contributed by atoms with van der Waals surface area (Å²) in [5.74, 6) is -5.22. The zero-order chi connectivity index (χ0) is 20.1. The first kappa shape index (κ1) is 19.9. The van der Waals surface area contributed by atoms with Gasteiger partial charge >= 0.3 is 0 Å². The van der Waals surface area contributed by atoms with Crippen LogP contribution in [-0.4, -0.2) is 35.8 Å². The number of piperidine rings is 1. The molecule has 2 aromatic rings. The Morgan fingerprint density at radius 3 is 2.32 bits per heavy atom. The van der Waals surface area contributed by atoms with E-state index < -0.39 is 28.9 Å². The minimum absolute atomic E-state index is 0.0558. The third-order valence-electron chi connectivity index (χ3n) is 4.93. The second-order valence-corrected chi connectivity index (χ2v) is 6.84. The van der Waals surface area contributed by atoms with Crippen molar-refractivity contribution in [2.24, 2.45) is 0 Å². The van der Waals surface area contributed by atoms with Gasteiger partial charge in [0.25, 0.3) is 5.91 Å². The Labute approximate surface area is 161 Å². The Morgan fingerprint density at radius 1 is 0.964 bits per heavy atom. The number of likely N-dealkylation sites (tertiary alicyclic amines) is 1. The van der Waals surface area contributed by atoms with Gasteiger partial charge < -0.3 is 10.2 Å². The van der Waals surface area contributed by atoms with Gasteiger partial charge in [0.2, 0.25) is 5.91 Å². The lowest BCUT2D eigenvalue weighted by molar-refractivity contribution is -0.132. The van der Waals surface area contributed by atoms with E-state index in [0.29, 0.717) is 38.8 Å². The predicted molar refractivity (Wildman–Crippen MR) is 98.1 cm³/mol. The Hall–Kier alpha value is -2.83. The molecule has 1 aliphatic rings. The maximum absolute atomic E-state index is 13.7. The molecular weight excluding hydrogens is 369 g/mol. The average Bonchev–Trinajstić information content (AvgIpc) is 2.71. The van der Waals surface area contributed by atoms with Crippen LogP contribution in [0.5, 0.6) is 0 Å². The lowest BCUT2D eigenvalue weighted by Gasteiger charge is -2.32. The second-order valence-electron chi connectivity index (χ2n) is 6.84. The number of rotatable bonds is 5. The number of halogens is 3. The number of nitrogens with one attached hydrogen (secondary N) is 1. The highest BCUT2D eigenvalue weighted by molar-refractivity contribution is 5.94. The van der Waals surface area contributed by atoms with E-state index in [1.54, 1.807) is 4.90 Å². The molecule has 0 spiro atoms. The number of benzene rings is 2. The summed E-state index contributed by atoms with van der Waals surface area (Å²) in [6.45, 7) is 0.970. The molecule has 2 aromatic carbocycles. The minimum Gasteiger partial charge on any atom is -0.349 e. The third kappa shape index (κ3) is 4.71. The summed E-state index contributed by atoms with van der Waals surface area (Å²) in [5.41, 5.74) is 0.576. The van der Waals surface area contributed by atoms with Crippen molar-refractivity contribution in [1.29, 1.82) is 0 Å². The fourth-order valence-corrected chi connectivity index (χ4v) is 3.29. The van der Waals surface area contributed by atoms with E-state index in [-0.39, 0.29) is 11.9 Å². The molecule has 28 heavy (non-hydrogen) atoms. The molecule has 148 valence electrons. The number of carbonyl (C=O) groups excluding carboxylic acids is 2. The van der Waals surface area contributed by atoms with E-state index in [9.17, 15) is 22.8 Å². The van der Waals surface area contributed by atoms with Crippen LogP contribution in [0.3, 0.4) is 0 Å². The molecule has 2 amide bonds. The van der Waals surface area contributed by atoms with E-state index in [4.69, 9.17) is 0 Å². The molecule has 1 fully saturated rings. The van der Waals surface area contributed by atoms with Crippen LogP contribution in [0.25, 0.3) is 0 Å². The van der Waals surface area contributed by atoms with Gasteiger partial charge in [-0.1, -0.05) is 30.3 Å². The molecule has 0 radical (unpaired) electrons. The van der Waals surface area contributed by atoms with Crippen molar-refractivity contribution in [3.05, 3.63) is 71.0 Å². The Bertz CT molecular complexity index is 850. The van der Waals surface area contributed by atoms with E-state index in [1.165, 1.54) is 0 Å². The highest BCUT2D eigenvalue weighted by Gasteiger charge is 2.26. The van der Waals surface area contributed by atoms with Gasteiger partial charge in [-0.25, -0.2) is 13.2 Å². The molecular formula is C21H21F3N2O2. The standard InChI is InChI=1S/C21H21F3N2O2/c22-17-8-7-16(19(23)20(17)24)21(28)25-15-10-12-26(13-11-15)18(27)9-6-14-4-2-1-3-5-14/h1-5,7-8,15H,6,9-13H2,(H,25,28). The van der Waals surface area contributed by atoms with Gasteiger partial charge in [-0.2, -0.15) is 0 Å². The van der Waals surface area contributed by atoms with E-state index in [1.807, 2.05) is 30.3 Å². The van der Waals surface area contributed by atoms with E-state index in [2.05, 4.69) is 5.32 Å². The molecule has 0 atom stereocenters. The molecule has 1 heterocycles. The monoisotopic (exact) mass is 390 g/mol. The SMILES string of the molecule is O=C(NC1CCN(C(=O)CCc2ccccc2)CC1)c1ccc(F)c(F)c1F. The van der Waals surface area contributed by atoms with Crippen LogP contribution in [0, 0.1) is 17.5 Å². The maximum Gasteiger partial charge on any atom is 0.254 e. The van der Waals surface area contributed by atoms with Crippen molar-refractivity contribution >= 4 is 11.8 Å². The van der Waals surface area contributed by atoms with Crippen LogP contribution in [0.2, 0.25) is 0 Å². The summed E-state index contributed by atoms with van der Waals surface area (Å²) in [5, 5.41) is 2.63. The van der Waals surface area contributed by atoms with Crippen LogP contribution >= 0.6 is 0 Å². The first-order chi connectivity index (χ1) is 13.5. The van der Waals surface area contributed by atoms with Crippen molar-refractivity contribution in [2.75, 3.05) is 13.1 Å². The lowest BCUT2D eigenvalue weighted by atomic mass is 10.0. The van der Waals surface area contributed by atoms with Crippen molar-refractivity contribution in [3.63, 3.8) is 0 Å². The highest BCUT2D eigenvalue weighted by atomic mass is 19.2. The van der Waals surface area contributed by atoms with Crippen molar-refractivity contribution in [2.45, 2.75) is 31.7 Å². The van der Waals surface area contributed by atoms with E-state index in [0.717, 1.165) is 17.7 Å². The number of nitrogens with zero attached hydrogens (tertiary/aromatic N) is 1. The molecule has 1 N–H and O–H groups in total. The summed E-state index contributed by atoms with van der Waals surface area (Å²) in [7, 11) is 0. The van der Waals surface area contributed by atoms with Crippen molar-refractivity contribution in [3.8, 4) is 0 Å². The largest absolute Gasteiger partial charge is 0.349 e. The lowest BCUT2D eigenvalue weighted by Crippen LogP contribution is -2.46. The van der Waals surface area contributed by atoms with Crippen molar-refractivity contribution in [1.82, 2.24) is 10.2 Å². The highest BCUT2D eigenvalue weighted by Crippen LogP contribution is 2.17. The summed E-state index contributed by atoms with van der Waals surface area (Å²) in [6.07, 6.45) is 2.13. The molecule has 7 heteroatoms. The quantitative estimate of drug-likeness (QED) is 0.795. The number of aryl methyl sites for hydroxylation is 1. The Morgan fingerprint density at radius 2 is 1.64 bits per heavy atom. The Kier molecular flexibility index (Phi) is 6.34. The van der Waals surface area contributed by atoms with Gasteiger partial charge in [0.05, 0.1) is 5.56 Å². The van der Waals surface area contributed by atoms with Crippen LogP contribution in [-0.2, 0) is 11.2 Å². The molecule has 3 rings (SSSR count). The predicted octanol–water partition coefficient (Wildman–Crippen LogP) is 3.46. The average molecular weight is 390 g/mol. The number of hydrogen-bond acceptors (Lipinski definition) is 2. The number of hydrogen-bond donors (Lipinski definition) is 1. The fourth-order valence-electron chi connectivity index (χ4n) is 3.29. The molecule has 0 aliphatic carbocycles. The molecule has 0 saturated carbocycles. The summed E-state index contributed by atoms with van der Waals surface area (Å²) >= 11 is 0. The molecule has 1 aliphatic heterocycles. The van der Waals surface area contributed by atoms with Crippen LogP contribution in [0.15, 0.2) is 42.5 Å². The second kappa shape index (κ2) is 8.91. The van der Waals surface area contributed by atoms with Gasteiger partial charge in [0.1, 0.15) is 0 Å². The van der Waals surface area contributed by atoms with Gasteiger partial charge in [-0.3, -0.25) is 9.59 Å². The number of carbonyl (C=O) groups is 2. The smallest absolute Gasteiger partial charge is 0.254 e. The van der Waals surface area contributed by atoms with Crippen LogP contribution in [0.1, 0.15) is 35.2 Å². The van der Waals surface area contributed by atoms with Gasteiger partial charge in [-0.05, 0) is 37.0 Å². The molecule has 1 saturated heterocycles. The van der Waals surface area contributed by atoms with Crippen LogP contribution in [0.4, 0.5) is 13.2 Å². The third-order valence-corrected chi connectivity index (χ3v) is 4.93. The van der Waals surface area contributed by atoms with Crippen molar-refractivity contribution < 1.29 is 22.8 Å². The zero-order valence-corrected chi connectivity index (χ0v) is 15.3. The molecule has 0 aromatic heterocycles. The maximum atomic E-state index is 13.7. The Balaban J connectivity index is 1.48. The summed E-state index contributed by atoms with van der Waals surface area (Å²) in [4.78, 5) is 26.3. The summed E-state index contributed by atoms with van der Waals surface area (Å²) < 4.78 is 40.0. The molecule has 0 unspecified atom stereocenters. The summed E-state index contributed by atoms with van der Waals surface area (Å²) in [6, 6.07) is 11.1. The van der Waals surface area contributed by atoms with Gasteiger partial charge in [0, 0.05) is 25.6 Å². The first-order valence-corrected chi connectivity index (χ1v) is 9.21. The van der Waals surface area contributed by atoms with Gasteiger partial charge in [0.15, 0.2) is 17.5 Å². The first-order valence-electron chi connectivity index (χ1n) is 9.21. The topological polar surface area (TPSA) is 49.4 Å². The van der Waals surface area contributed by atoms with Gasteiger partial charge in [-0.15, -0.1) is 0 Å².